The number of anilines is 2. The van der Waals surface area contributed by atoms with Crippen LogP contribution in [0.1, 0.15) is 36.2 Å². The molecule has 0 N–H and O–H groups in total. The zero-order valence-corrected chi connectivity index (χ0v) is 17.6. The van der Waals surface area contributed by atoms with Gasteiger partial charge in [0.1, 0.15) is 5.82 Å². The van der Waals surface area contributed by atoms with Crippen molar-refractivity contribution >= 4 is 23.1 Å². The third kappa shape index (κ3) is 3.57. The second kappa shape index (κ2) is 7.75. The van der Waals surface area contributed by atoms with E-state index in [-0.39, 0.29) is 17.5 Å². The number of rotatable bonds is 2. The minimum atomic E-state index is -4.63. The number of alkyl halides is 3. The maximum Gasteiger partial charge on any atom is 0.453 e. The van der Waals surface area contributed by atoms with Gasteiger partial charge in [-0.3, -0.25) is 4.79 Å². The Labute approximate surface area is 182 Å². The Balaban J connectivity index is 1.32. The summed E-state index contributed by atoms with van der Waals surface area (Å²) in [6, 6.07) is 9.29. The molecule has 1 fully saturated rings. The second-order valence-corrected chi connectivity index (χ2v) is 8.42. The fraction of sp³-hybridized carbons (Fsp3) is 0.455. The molecule has 2 aliphatic rings. The van der Waals surface area contributed by atoms with E-state index < -0.39 is 12.0 Å². The Bertz CT molecular complexity index is 1170. The van der Waals surface area contributed by atoms with E-state index in [0.717, 1.165) is 35.2 Å². The minimum Gasteiger partial charge on any atom is -0.355 e. The number of halogens is 3. The molecule has 7 nitrogen and oxygen atoms in total. The van der Waals surface area contributed by atoms with Crippen LogP contribution in [-0.2, 0) is 17.4 Å². The van der Waals surface area contributed by atoms with Crippen molar-refractivity contribution in [3.05, 3.63) is 47.3 Å². The normalized spacial score (nSPS) is 17.6. The Morgan fingerprint density at radius 2 is 1.84 bits per heavy atom. The molecule has 3 aromatic rings. The Kier molecular flexibility index (Phi) is 5.02. The van der Waals surface area contributed by atoms with Crippen LogP contribution in [0.15, 0.2) is 30.3 Å². The molecule has 1 amide bonds. The van der Waals surface area contributed by atoms with Gasteiger partial charge >= 0.3 is 6.18 Å². The number of benzene rings is 1. The Morgan fingerprint density at radius 3 is 2.59 bits per heavy atom. The molecule has 5 rings (SSSR count). The summed E-state index contributed by atoms with van der Waals surface area (Å²) in [4.78, 5) is 17.2. The van der Waals surface area contributed by atoms with Gasteiger partial charge in [0.25, 0.3) is 5.82 Å². The maximum atomic E-state index is 13.4. The highest BCUT2D eigenvalue weighted by molar-refractivity contribution is 5.97. The summed E-state index contributed by atoms with van der Waals surface area (Å²) < 4.78 is 40.2. The monoisotopic (exact) mass is 444 g/mol. The molecule has 0 atom stereocenters. The van der Waals surface area contributed by atoms with E-state index in [1.807, 2.05) is 28.9 Å². The zero-order chi connectivity index (χ0) is 22.5. The molecule has 2 aliphatic heterocycles. The van der Waals surface area contributed by atoms with Crippen molar-refractivity contribution in [1.29, 1.82) is 0 Å². The molecule has 2 aromatic heterocycles. The van der Waals surface area contributed by atoms with Crippen LogP contribution in [0, 0.1) is 12.8 Å². The predicted octanol–water partition coefficient (Wildman–Crippen LogP) is 3.65. The number of fused-ring (bicyclic) bond motifs is 2. The molecule has 4 heterocycles. The van der Waals surface area contributed by atoms with Crippen LogP contribution in [0.5, 0.6) is 0 Å². The van der Waals surface area contributed by atoms with E-state index in [2.05, 4.69) is 21.4 Å². The van der Waals surface area contributed by atoms with Crippen LogP contribution >= 0.6 is 0 Å². The quantitative estimate of drug-likeness (QED) is 0.604. The molecule has 0 aliphatic carbocycles. The van der Waals surface area contributed by atoms with Crippen molar-refractivity contribution in [2.75, 3.05) is 29.4 Å². The number of amides is 1. The van der Waals surface area contributed by atoms with E-state index in [4.69, 9.17) is 0 Å². The molecule has 0 unspecified atom stereocenters. The second-order valence-electron chi connectivity index (χ2n) is 8.42. The van der Waals surface area contributed by atoms with E-state index in [1.54, 1.807) is 6.07 Å². The first-order chi connectivity index (χ1) is 15.3. The lowest BCUT2D eigenvalue weighted by molar-refractivity contribution is -0.146. The largest absolute Gasteiger partial charge is 0.453 e. The highest BCUT2D eigenvalue weighted by Crippen LogP contribution is 2.34. The lowest BCUT2D eigenvalue weighted by atomic mass is 9.92. The van der Waals surface area contributed by atoms with Gasteiger partial charge in [-0.15, -0.1) is 15.3 Å². The number of aromatic nitrogens is 4. The molecule has 0 radical (unpaired) electrons. The fourth-order valence-electron chi connectivity index (χ4n) is 4.77. The van der Waals surface area contributed by atoms with Crippen molar-refractivity contribution in [3.8, 4) is 0 Å². The van der Waals surface area contributed by atoms with Gasteiger partial charge in [0, 0.05) is 31.2 Å². The van der Waals surface area contributed by atoms with Gasteiger partial charge in [0.2, 0.25) is 5.91 Å². The molecule has 1 saturated heterocycles. The predicted molar refractivity (Wildman–Crippen MR) is 113 cm³/mol. The molecule has 1 aromatic carbocycles. The van der Waals surface area contributed by atoms with E-state index in [9.17, 15) is 18.0 Å². The number of hydrogen-bond donors (Lipinski definition) is 0. The number of carbonyl (C=O) groups excluding carboxylic acids is 1. The van der Waals surface area contributed by atoms with Crippen molar-refractivity contribution in [3.63, 3.8) is 0 Å². The lowest BCUT2D eigenvalue weighted by Gasteiger charge is -2.37. The SMILES string of the molecule is Cc1cccc2c1N(C(=O)C1CCN(c3ccc4nnc(C(F)(F)F)n4n3)CC1)CCC2. The van der Waals surface area contributed by atoms with Gasteiger partial charge in [0.05, 0.1) is 0 Å². The van der Waals surface area contributed by atoms with Crippen LogP contribution in [0.2, 0.25) is 0 Å². The molecule has 0 spiro atoms. The van der Waals surface area contributed by atoms with Gasteiger partial charge in [0.15, 0.2) is 5.65 Å². The van der Waals surface area contributed by atoms with Crippen LogP contribution in [0.4, 0.5) is 24.7 Å². The van der Waals surface area contributed by atoms with Crippen molar-refractivity contribution in [2.45, 2.75) is 38.8 Å². The highest BCUT2D eigenvalue weighted by Gasteiger charge is 2.38. The zero-order valence-electron chi connectivity index (χ0n) is 17.6. The van der Waals surface area contributed by atoms with E-state index in [1.165, 1.54) is 11.6 Å². The van der Waals surface area contributed by atoms with Gasteiger partial charge in [-0.1, -0.05) is 18.2 Å². The summed E-state index contributed by atoms with van der Waals surface area (Å²) in [6.45, 7) is 3.86. The topological polar surface area (TPSA) is 66.6 Å². The average molecular weight is 444 g/mol. The van der Waals surface area contributed by atoms with Gasteiger partial charge in [-0.2, -0.15) is 17.7 Å². The molecular formula is C22H23F3N6O. The van der Waals surface area contributed by atoms with Gasteiger partial charge in [-0.25, -0.2) is 0 Å². The fourth-order valence-corrected chi connectivity index (χ4v) is 4.77. The number of carbonyl (C=O) groups is 1. The van der Waals surface area contributed by atoms with Crippen molar-refractivity contribution in [1.82, 2.24) is 19.8 Å². The third-order valence-corrected chi connectivity index (χ3v) is 6.36. The van der Waals surface area contributed by atoms with E-state index >= 15 is 0 Å². The van der Waals surface area contributed by atoms with E-state index in [0.29, 0.717) is 31.7 Å². The first kappa shape index (κ1) is 20.7. The molecule has 168 valence electrons. The number of piperidine rings is 1. The van der Waals surface area contributed by atoms with Crippen LogP contribution in [0.25, 0.3) is 5.65 Å². The third-order valence-electron chi connectivity index (χ3n) is 6.36. The average Bonchev–Trinajstić information content (AvgIpc) is 3.22. The molecule has 32 heavy (non-hydrogen) atoms. The highest BCUT2D eigenvalue weighted by atomic mass is 19.4. The van der Waals surface area contributed by atoms with Gasteiger partial charge in [-0.05, 0) is 55.9 Å². The van der Waals surface area contributed by atoms with Crippen molar-refractivity contribution in [2.24, 2.45) is 5.92 Å². The van der Waals surface area contributed by atoms with Crippen molar-refractivity contribution < 1.29 is 18.0 Å². The number of hydrogen-bond acceptors (Lipinski definition) is 5. The maximum absolute atomic E-state index is 13.4. The number of para-hydroxylation sites is 1. The first-order valence-electron chi connectivity index (χ1n) is 10.8. The van der Waals surface area contributed by atoms with Crippen LogP contribution in [0.3, 0.4) is 0 Å². The number of nitrogens with zero attached hydrogens (tertiary/aromatic N) is 6. The summed E-state index contributed by atoms with van der Waals surface area (Å²) >= 11 is 0. The lowest BCUT2D eigenvalue weighted by Crippen LogP contribution is -2.45. The molecular weight excluding hydrogens is 421 g/mol. The summed E-state index contributed by atoms with van der Waals surface area (Å²) in [5, 5.41) is 10.9. The molecule has 0 bridgehead atoms. The minimum absolute atomic E-state index is 0.0465. The first-order valence-corrected chi connectivity index (χ1v) is 10.8. The van der Waals surface area contributed by atoms with Crippen LogP contribution in [-0.4, -0.2) is 45.4 Å². The Hall–Kier alpha value is -3.17. The van der Waals surface area contributed by atoms with Crippen LogP contribution < -0.4 is 9.80 Å². The Morgan fingerprint density at radius 1 is 1.06 bits per heavy atom. The molecule has 0 saturated carbocycles. The standard InChI is InChI=1S/C22H23F3N6O/c1-14-4-2-5-15-6-3-11-30(19(14)15)20(32)16-9-12-29(13-10-16)18-8-7-17-26-27-21(22(23,24)25)31(17)28-18/h2,4-5,7-8,16H,3,6,9-13H2,1H3. The number of aryl methyl sites for hydroxylation is 2. The summed E-state index contributed by atoms with van der Waals surface area (Å²) in [5.41, 5.74) is 3.42. The smallest absolute Gasteiger partial charge is 0.355 e. The summed E-state index contributed by atoms with van der Waals surface area (Å²) in [5.74, 6) is -0.686. The summed E-state index contributed by atoms with van der Waals surface area (Å²) in [7, 11) is 0. The molecule has 10 heteroatoms. The van der Waals surface area contributed by atoms with Gasteiger partial charge < -0.3 is 9.80 Å². The summed E-state index contributed by atoms with van der Waals surface area (Å²) in [6.07, 6.45) is -1.44.